The summed E-state index contributed by atoms with van der Waals surface area (Å²) in [6.45, 7) is 5.45. The zero-order valence-electron chi connectivity index (χ0n) is 8.40. The number of nitrogens with zero attached hydrogens (tertiary/aromatic N) is 2. The first-order valence-electron chi connectivity index (χ1n) is 4.29. The molecule has 78 valence electrons. The molecule has 0 unspecified atom stereocenters. The minimum absolute atomic E-state index is 0.0722. The van der Waals surface area contributed by atoms with Crippen molar-refractivity contribution in [1.82, 2.24) is 15.2 Å². The molecule has 0 fully saturated rings. The largest absolute Gasteiger partial charge is 0.462 e. The van der Waals surface area contributed by atoms with E-state index in [9.17, 15) is 4.79 Å². The molecule has 0 aliphatic carbocycles. The van der Waals surface area contributed by atoms with Crippen molar-refractivity contribution in [1.29, 1.82) is 0 Å². The summed E-state index contributed by atoms with van der Waals surface area (Å²) in [6.07, 6.45) is -0.0722. The third-order valence-electron chi connectivity index (χ3n) is 1.26. The van der Waals surface area contributed by atoms with E-state index >= 15 is 0 Å². The second-order valence-corrected chi connectivity index (χ2v) is 3.97. The number of esters is 1. The van der Waals surface area contributed by atoms with Crippen LogP contribution < -0.4 is 0 Å². The summed E-state index contributed by atoms with van der Waals surface area (Å²) < 4.78 is 4.95. The second kappa shape index (κ2) is 4.99. The quantitative estimate of drug-likeness (QED) is 0.603. The third kappa shape index (κ3) is 3.78. The number of H-pyrrole nitrogens is 1. The Morgan fingerprint density at radius 3 is 2.86 bits per heavy atom. The van der Waals surface area contributed by atoms with Crippen molar-refractivity contribution < 1.29 is 9.53 Å². The Balaban J connectivity index is 2.30. The number of thioether (sulfide) groups is 1. The Morgan fingerprint density at radius 1 is 1.64 bits per heavy atom. The molecular weight excluding hydrogens is 202 g/mol. The smallest absolute Gasteiger partial charge is 0.316 e. The minimum atomic E-state index is -0.243. The number of rotatable bonds is 4. The van der Waals surface area contributed by atoms with Gasteiger partial charge in [0.2, 0.25) is 5.16 Å². The van der Waals surface area contributed by atoms with Crippen LogP contribution >= 0.6 is 11.8 Å². The fourth-order valence-corrected chi connectivity index (χ4v) is 1.43. The predicted octanol–water partition coefficient (Wildman–Crippen LogP) is 1.16. The zero-order valence-corrected chi connectivity index (χ0v) is 9.22. The van der Waals surface area contributed by atoms with Crippen molar-refractivity contribution in [2.75, 3.05) is 5.75 Å². The standard InChI is InChI=1S/C8H13N3O2S/c1-5(2)13-7(12)4-14-8-9-6(3)10-11-8/h5H,4H2,1-3H3,(H,9,10,11). The van der Waals surface area contributed by atoms with Crippen molar-refractivity contribution >= 4 is 17.7 Å². The summed E-state index contributed by atoms with van der Waals surface area (Å²) in [5.41, 5.74) is 0. The molecule has 0 bridgehead atoms. The molecule has 0 aliphatic heterocycles. The van der Waals surface area contributed by atoms with E-state index in [0.29, 0.717) is 5.16 Å². The van der Waals surface area contributed by atoms with Gasteiger partial charge in [0, 0.05) is 0 Å². The Hall–Kier alpha value is -1.04. The van der Waals surface area contributed by atoms with Gasteiger partial charge in [0.15, 0.2) is 0 Å². The number of aromatic amines is 1. The molecule has 6 heteroatoms. The van der Waals surface area contributed by atoms with Crippen LogP contribution in [0.4, 0.5) is 0 Å². The summed E-state index contributed by atoms with van der Waals surface area (Å²) in [5.74, 6) is 0.743. The highest BCUT2D eigenvalue weighted by atomic mass is 32.2. The summed E-state index contributed by atoms with van der Waals surface area (Å²) in [5, 5.41) is 7.16. The van der Waals surface area contributed by atoms with E-state index in [-0.39, 0.29) is 17.8 Å². The molecule has 1 N–H and O–H groups in total. The molecule has 14 heavy (non-hydrogen) atoms. The fraction of sp³-hybridized carbons (Fsp3) is 0.625. The molecule has 0 atom stereocenters. The molecular formula is C8H13N3O2S. The van der Waals surface area contributed by atoms with Gasteiger partial charge in [0.1, 0.15) is 5.82 Å². The Kier molecular flexibility index (Phi) is 3.94. The fourth-order valence-electron chi connectivity index (χ4n) is 0.807. The Morgan fingerprint density at radius 2 is 2.36 bits per heavy atom. The summed E-state index contributed by atoms with van der Waals surface area (Å²) in [6, 6.07) is 0. The van der Waals surface area contributed by atoms with Crippen LogP contribution in [0, 0.1) is 6.92 Å². The number of hydrogen-bond acceptors (Lipinski definition) is 5. The number of aromatic nitrogens is 3. The first-order valence-corrected chi connectivity index (χ1v) is 5.28. The number of hydrogen-bond donors (Lipinski definition) is 1. The summed E-state index contributed by atoms with van der Waals surface area (Å²) in [4.78, 5) is 15.2. The predicted molar refractivity (Wildman–Crippen MR) is 53.1 cm³/mol. The van der Waals surface area contributed by atoms with Crippen LogP contribution in [0.1, 0.15) is 19.7 Å². The van der Waals surface area contributed by atoms with E-state index < -0.39 is 0 Å². The monoisotopic (exact) mass is 215 g/mol. The van der Waals surface area contributed by atoms with E-state index in [2.05, 4.69) is 15.2 Å². The van der Waals surface area contributed by atoms with Gasteiger partial charge in [-0.2, -0.15) is 0 Å². The van der Waals surface area contributed by atoms with Crippen LogP contribution in [0.15, 0.2) is 5.16 Å². The van der Waals surface area contributed by atoms with Crippen molar-refractivity contribution in [3.8, 4) is 0 Å². The van der Waals surface area contributed by atoms with Gasteiger partial charge in [-0.05, 0) is 20.8 Å². The van der Waals surface area contributed by atoms with E-state index in [4.69, 9.17) is 4.74 Å². The highest BCUT2D eigenvalue weighted by Gasteiger charge is 2.08. The highest BCUT2D eigenvalue weighted by Crippen LogP contribution is 2.12. The van der Waals surface area contributed by atoms with Gasteiger partial charge in [-0.15, -0.1) is 5.10 Å². The number of carbonyl (C=O) groups is 1. The lowest BCUT2D eigenvalue weighted by atomic mass is 10.5. The molecule has 1 aromatic heterocycles. The first-order chi connectivity index (χ1) is 6.58. The maximum Gasteiger partial charge on any atom is 0.316 e. The SMILES string of the molecule is Cc1nc(SCC(=O)OC(C)C)n[nH]1. The number of ether oxygens (including phenoxy) is 1. The molecule has 1 heterocycles. The van der Waals surface area contributed by atoms with E-state index in [1.54, 1.807) is 0 Å². The Labute approximate surface area is 86.6 Å². The maximum atomic E-state index is 11.1. The van der Waals surface area contributed by atoms with Crippen LogP contribution in [0.3, 0.4) is 0 Å². The van der Waals surface area contributed by atoms with Gasteiger partial charge in [-0.1, -0.05) is 11.8 Å². The molecule has 1 aromatic rings. The zero-order chi connectivity index (χ0) is 10.6. The molecule has 5 nitrogen and oxygen atoms in total. The normalized spacial score (nSPS) is 10.6. The number of nitrogens with one attached hydrogen (secondary N) is 1. The van der Waals surface area contributed by atoms with Crippen molar-refractivity contribution in [3.63, 3.8) is 0 Å². The average molecular weight is 215 g/mol. The average Bonchev–Trinajstić information content (AvgIpc) is 2.47. The number of carbonyl (C=O) groups excluding carboxylic acids is 1. The van der Waals surface area contributed by atoms with Crippen molar-refractivity contribution in [2.45, 2.75) is 32.0 Å². The van der Waals surface area contributed by atoms with Gasteiger partial charge < -0.3 is 4.74 Å². The molecule has 0 amide bonds. The van der Waals surface area contributed by atoms with Crippen LogP contribution in [-0.4, -0.2) is 33.0 Å². The lowest BCUT2D eigenvalue weighted by Crippen LogP contribution is -2.13. The number of aryl methyl sites for hydroxylation is 1. The van der Waals surface area contributed by atoms with E-state index in [1.165, 1.54) is 11.8 Å². The molecule has 0 spiro atoms. The van der Waals surface area contributed by atoms with Crippen LogP contribution in [0.25, 0.3) is 0 Å². The first kappa shape index (κ1) is 11.0. The van der Waals surface area contributed by atoms with Crippen molar-refractivity contribution in [3.05, 3.63) is 5.82 Å². The molecule has 0 saturated heterocycles. The molecule has 0 aromatic carbocycles. The summed E-state index contributed by atoms with van der Waals surface area (Å²) >= 11 is 1.26. The maximum absolute atomic E-state index is 11.1. The van der Waals surface area contributed by atoms with Gasteiger partial charge >= 0.3 is 5.97 Å². The molecule has 1 rings (SSSR count). The van der Waals surface area contributed by atoms with Crippen LogP contribution in [0.2, 0.25) is 0 Å². The van der Waals surface area contributed by atoms with Crippen molar-refractivity contribution in [2.24, 2.45) is 0 Å². The van der Waals surface area contributed by atoms with Gasteiger partial charge in [0.25, 0.3) is 0 Å². The minimum Gasteiger partial charge on any atom is -0.462 e. The second-order valence-electron chi connectivity index (χ2n) is 3.03. The van der Waals surface area contributed by atoms with Crippen LogP contribution in [0.5, 0.6) is 0 Å². The Bertz CT molecular complexity index is 311. The lowest BCUT2D eigenvalue weighted by molar-refractivity contribution is -0.144. The molecule has 0 radical (unpaired) electrons. The van der Waals surface area contributed by atoms with Gasteiger partial charge in [0.05, 0.1) is 11.9 Å². The topological polar surface area (TPSA) is 67.9 Å². The van der Waals surface area contributed by atoms with Gasteiger partial charge in [-0.25, -0.2) is 4.98 Å². The lowest BCUT2D eigenvalue weighted by Gasteiger charge is -2.05. The summed E-state index contributed by atoms with van der Waals surface area (Å²) in [7, 11) is 0. The third-order valence-corrected chi connectivity index (χ3v) is 2.08. The van der Waals surface area contributed by atoms with E-state index in [1.807, 2.05) is 20.8 Å². The molecule has 0 saturated carbocycles. The highest BCUT2D eigenvalue weighted by molar-refractivity contribution is 7.99. The molecule has 0 aliphatic rings. The van der Waals surface area contributed by atoms with E-state index in [0.717, 1.165) is 5.82 Å². The van der Waals surface area contributed by atoms with Gasteiger partial charge in [-0.3, -0.25) is 9.89 Å². The van der Waals surface area contributed by atoms with Crippen LogP contribution in [-0.2, 0) is 9.53 Å².